The number of halogens is 2. The van der Waals surface area contributed by atoms with Crippen LogP contribution in [0.5, 0.6) is 5.75 Å². The fourth-order valence-electron chi connectivity index (χ4n) is 1.84. The van der Waals surface area contributed by atoms with E-state index in [1.54, 1.807) is 6.07 Å². The van der Waals surface area contributed by atoms with Crippen LogP contribution >= 0.6 is 15.9 Å². The van der Waals surface area contributed by atoms with E-state index >= 15 is 0 Å². The minimum Gasteiger partial charge on any atom is -0.481 e. The molecule has 2 rings (SSSR count). The normalized spacial score (nSPS) is 16.1. The second-order valence-corrected chi connectivity index (χ2v) is 5.23. The van der Waals surface area contributed by atoms with Crippen molar-refractivity contribution >= 4 is 21.8 Å². The number of benzene rings is 1. The van der Waals surface area contributed by atoms with Crippen LogP contribution in [0.15, 0.2) is 22.7 Å². The van der Waals surface area contributed by atoms with E-state index in [-0.39, 0.29) is 24.3 Å². The van der Waals surface area contributed by atoms with Gasteiger partial charge in [0.15, 0.2) is 18.2 Å². The fraction of sp³-hybridized carbons (Fsp3) is 0.462. The van der Waals surface area contributed by atoms with Gasteiger partial charge in [0.1, 0.15) is 0 Å². The Labute approximate surface area is 119 Å². The first-order valence-electron chi connectivity index (χ1n) is 6.10. The molecule has 1 aromatic rings. The molecule has 1 aliphatic heterocycles. The largest absolute Gasteiger partial charge is 0.481 e. The predicted molar refractivity (Wildman–Crippen MR) is 71.6 cm³/mol. The lowest BCUT2D eigenvalue weighted by Gasteiger charge is -2.23. The molecule has 1 fully saturated rings. The molecule has 0 spiro atoms. The molecule has 19 heavy (non-hydrogen) atoms. The Morgan fingerprint density at radius 3 is 2.95 bits per heavy atom. The van der Waals surface area contributed by atoms with Gasteiger partial charge in [-0.1, -0.05) is 15.9 Å². The third-order valence-corrected chi connectivity index (χ3v) is 3.33. The summed E-state index contributed by atoms with van der Waals surface area (Å²) in [5.74, 6) is -0.662. The average molecular weight is 332 g/mol. The predicted octanol–water partition coefficient (Wildman–Crippen LogP) is 2.26. The summed E-state index contributed by atoms with van der Waals surface area (Å²) in [6, 6.07) is 4.48. The smallest absolute Gasteiger partial charge is 0.258 e. The van der Waals surface area contributed by atoms with Crippen LogP contribution in [-0.2, 0) is 9.53 Å². The molecular weight excluding hydrogens is 317 g/mol. The SMILES string of the molecule is O=C(COc1cc(Br)ccc1F)NC1CCOCC1. The van der Waals surface area contributed by atoms with Crippen molar-refractivity contribution in [3.8, 4) is 5.75 Å². The van der Waals surface area contributed by atoms with Gasteiger partial charge in [-0.05, 0) is 31.0 Å². The van der Waals surface area contributed by atoms with E-state index in [4.69, 9.17) is 9.47 Å². The third kappa shape index (κ3) is 4.47. The minimum atomic E-state index is -0.484. The van der Waals surface area contributed by atoms with Crippen molar-refractivity contribution in [3.05, 3.63) is 28.5 Å². The first-order valence-corrected chi connectivity index (χ1v) is 6.89. The average Bonchev–Trinajstić information content (AvgIpc) is 2.41. The van der Waals surface area contributed by atoms with Crippen molar-refractivity contribution in [2.24, 2.45) is 0 Å². The summed E-state index contributed by atoms with van der Waals surface area (Å²) < 4.78 is 24.5. The molecule has 1 aliphatic rings. The van der Waals surface area contributed by atoms with Gasteiger partial charge in [0.25, 0.3) is 5.91 Å². The highest BCUT2D eigenvalue weighted by Crippen LogP contribution is 2.22. The molecule has 6 heteroatoms. The molecule has 0 aliphatic carbocycles. The molecule has 0 saturated carbocycles. The molecular formula is C13H15BrFNO3. The van der Waals surface area contributed by atoms with Gasteiger partial charge in [-0.2, -0.15) is 0 Å². The van der Waals surface area contributed by atoms with E-state index in [0.717, 1.165) is 12.8 Å². The van der Waals surface area contributed by atoms with Crippen LogP contribution in [0.2, 0.25) is 0 Å². The molecule has 4 nitrogen and oxygen atoms in total. The van der Waals surface area contributed by atoms with Gasteiger partial charge in [0, 0.05) is 23.7 Å². The van der Waals surface area contributed by atoms with Crippen molar-refractivity contribution in [3.63, 3.8) is 0 Å². The molecule has 1 heterocycles. The Balaban J connectivity index is 1.81. The summed E-state index contributed by atoms with van der Waals surface area (Å²) >= 11 is 3.22. The number of amides is 1. The van der Waals surface area contributed by atoms with E-state index in [1.165, 1.54) is 12.1 Å². The Morgan fingerprint density at radius 1 is 1.47 bits per heavy atom. The van der Waals surface area contributed by atoms with Crippen LogP contribution in [0.4, 0.5) is 4.39 Å². The van der Waals surface area contributed by atoms with Crippen molar-refractivity contribution < 1.29 is 18.7 Å². The summed E-state index contributed by atoms with van der Waals surface area (Å²) in [7, 11) is 0. The first-order chi connectivity index (χ1) is 9.15. The maximum absolute atomic E-state index is 13.4. The maximum Gasteiger partial charge on any atom is 0.258 e. The van der Waals surface area contributed by atoms with Crippen LogP contribution in [0.3, 0.4) is 0 Å². The molecule has 1 amide bonds. The van der Waals surface area contributed by atoms with Crippen LogP contribution in [0.1, 0.15) is 12.8 Å². The van der Waals surface area contributed by atoms with Gasteiger partial charge in [0.05, 0.1) is 0 Å². The van der Waals surface area contributed by atoms with E-state index in [9.17, 15) is 9.18 Å². The summed E-state index contributed by atoms with van der Waals surface area (Å²) in [5.41, 5.74) is 0. The topological polar surface area (TPSA) is 47.6 Å². The van der Waals surface area contributed by atoms with E-state index in [0.29, 0.717) is 17.7 Å². The zero-order valence-electron chi connectivity index (χ0n) is 10.3. The monoisotopic (exact) mass is 331 g/mol. The number of hydrogen-bond acceptors (Lipinski definition) is 3. The molecule has 1 saturated heterocycles. The highest BCUT2D eigenvalue weighted by molar-refractivity contribution is 9.10. The number of ether oxygens (including phenoxy) is 2. The lowest BCUT2D eigenvalue weighted by atomic mass is 10.1. The Morgan fingerprint density at radius 2 is 2.21 bits per heavy atom. The van der Waals surface area contributed by atoms with Gasteiger partial charge >= 0.3 is 0 Å². The van der Waals surface area contributed by atoms with Gasteiger partial charge in [0.2, 0.25) is 0 Å². The van der Waals surface area contributed by atoms with Crippen LogP contribution in [0.25, 0.3) is 0 Å². The highest BCUT2D eigenvalue weighted by atomic mass is 79.9. The van der Waals surface area contributed by atoms with Gasteiger partial charge in [-0.25, -0.2) is 4.39 Å². The van der Waals surface area contributed by atoms with E-state index < -0.39 is 5.82 Å². The lowest BCUT2D eigenvalue weighted by Crippen LogP contribution is -2.41. The van der Waals surface area contributed by atoms with E-state index in [1.807, 2.05) is 0 Å². The fourth-order valence-corrected chi connectivity index (χ4v) is 2.18. The summed E-state index contributed by atoms with van der Waals surface area (Å²) in [5, 5.41) is 2.85. The second-order valence-electron chi connectivity index (χ2n) is 4.32. The van der Waals surface area contributed by atoms with Crippen LogP contribution in [-0.4, -0.2) is 31.8 Å². The van der Waals surface area contributed by atoms with Crippen molar-refractivity contribution in [1.82, 2.24) is 5.32 Å². The lowest BCUT2D eigenvalue weighted by molar-refractivity contribution is -0.124. The van der Waals surface area contributed by atoms with Crippen molar-refractivity contribution in [2.45, 2.75) is 18.9 Å². The van der Waals surface area contributed by atoms with Gasteiger partial charge in [-0.3, -0.25) is 4.79 Å². The standard InChI is InChI=1S/C13H15BrFNO3/c14-9-1-2-11(15)12(7-9)19-8-13(17)16-10-3-5-18-6-4-10/h1-2,7,10H,3-6,8H2,(H,16,17). The molecule has 0 bridgehead atoms. The highest BCUT2D eigenvalue weighted by Gasteiger charge is 2.16. The minimum absolute atomic E-state index is 0.0662. The Kier molecular flexibility index (Phi) is 5.15. The Hall–Kier alpha value is -1.14. The van der Waals surface area contributed by atoms with Gasteiger partial charge < -0.3 is 14.8 Å². The zero-order chi connectivity index (χ0) is 13.7. The number of carbonyl (C=O) groups excluding carboxylic acids is 1. The van der Waals surface area contributed by atoms with Crippen molar-refractivity contribution in [1.29, 1.82) is 0 Å². The maximum atomic E-state index is 13.4. The van der Waals surface area contributed by atoms with Gasteiger partial charge in [-0.15, -0.1) is 0 Å². The number of nitrogens with one attached hydrogen (secondary N) is 1. The van der Waals surface area contributed by atoms with Crippen LogP contribution < -0.4 is 10.1 Å². The molecule has 0 radical (unpaired) electrons. The summed E-state index contributed by atoms with van der Waals surface area (Å²) in [4.78, 5) is 11.7. The first kappa shape index (κ1) is 14.3. The molecule has 0 unspecified atom stereocenters. The molecule has 0 atom stereocenters. The number of rotatable bonds is 4. The zero-order valence-corrected chi connectivity index (χ0v) is 11.9. The molecule has 1 N–H and O–H groups in total. The molecule has 0 aromatic heterocycles. The molecule has 104 valence electrons. The molecule has 1 aromatic carbocycles. The third-order valence-electron chi connectivity index (χ3n) is 2.84. The quantitative estimate of drug-likeness (QED) is 0.920. The van der Waals surface area contributed by atoms with Crippen molar-refractivity contribution in [2.75, 3.05) is 19.8 Å². The number of carbonyl (C=O) groups is 1. The van der Waals surface area contributed by atoms with E-state index in [2.05, 4.69) is 21.2 Å². The number of hydrogen-bond donors (Lipinski definition) is 1. The second kappa shape index (κ2) is 6.86. The summed E-state index contributed by atoms with van der Waals surface area (Å²) in [6.07, 6.45) is 1.61. The Bertz CT molecular complexity index is 450. The van der Waals surface area contributed by atoms with Crippen LogP contribution in [0, 0.1) is 5.82 Å². The summed E-state index contributed by atoms with van der Waals surface area (Å²) in [6.45, 7) is 1.13.